The maximum absolute atomic E-state index is 11.0. The van der Waals surface area contributed by atoms with Crippen molar-refractivity contribution in [1.82, 2.24) is 10.6 Å². The molecule has 2 N–H and O–H groups in total. The highest BCUT2D eigenvalue weighted by Crippen LogP contribution is 1.93. The molecule has 12 heavy (non-hydrogen) atoms. The number of hydrogen-bond acceptors (Lipinski definition) is 3. The first kappa shape index (κ1) is 10.6. The van der Waals surface area contributed by atoms with Crippen LogP contribution < -0.4 is 10.6 Å². The van der Waals surface area contributed by atoms with Gasteiger partial charge in [0.15, 0.2) is 0 Å². The molecule has 1 atom stereocenters. The summed E-state index contributed by atoms with van der Waals surface area (Å²) in [5, 5.41) is 4.70. The second-order valence-electron chi connectivity index (χ2n) is 2.20. The molecule has 0 fully saturated rings. The van der Waals surface area contributed by atoms with Crippen molar-refractivity contribution in [3.8, 4) is 0 Å². The Morgan fingerprint density at radius 3 is 2.58 bits per heavy atom. The minimum atomic E-state index is -0.599. The average molecular weight is 172 g/mol. The van der Waals surface area contributed by atoms with Crippen molar-refractivity contribution in [3.05, 3.63) is 0 Å². The van der Waals surface area contributed by atoms with E-state index in [1.165, 1.54) is 7.05 Å². The summed E-state index contributed by atoms with van der Waals surface area (Å²) >= 11 is 0. The summed E-state index contributed by atoms with van der Waals surface area (Å²) in [6.45, 7) is 0. The first-order valence-corrected chi connectivity index (χ1v) is 3.61. The maximum atomic E-state index is 11.0. The fourth-order valence-corrected chi connectivity index (χ4v) is 0.781. The zero-order valence-electron chi connectivity index (χ0n) is 6.87. The third kappa shape index (κ3) is 3.70. The van der Waals surface area contributed by atoms with Crippen LogP contribution in [-0.2, 0) is 14.4 Å². The van der Waals surface area contributed by atoms with E-state index in [-0.39, 0.29) is 12.3 Å². The van der Waals surface area contributed by atoms with Crippen molar-refractivity contribution in [2.24, 2.45) is 0 Å². The van der Waals surface area contributed by atoms with Crippen molar-refractivity contribution < 1.29 is 14.4 Å². The van der Waals surface area contributed by atoms with Gasteiger partial charge in [-0.05, 0) is 6.42 Å². The van der Waals surface area contributed by atoms with Crippen molar-refractivity contribution in [1.29, 1.82) is 0 Å². The van der Waals surface area contributed by atoms with Crippen molar-refractivity contribution in [3.63, 3.8) is 0 Å². The van der Waals surface area contributed by atoms with Crippen LogP contribution in [0.2, 0.25) is 0 Å². The van der Waals surface area contributed by atoms with Crippen LogP contribution in [-0.4, -0.2) is 31.7 Å². The molecule has 0 spiro atoms. The van der Waals surface area contributed by atoms with Gasteiger partial charge in [0, 0.05) is 13.5 Å². The number of likely N-dealkylation sites (N-methyl/N-ethyl adjacent to an activating group) is 1. The van der Waals surface area contributed by atoms with Gasteiger partial charge in [0.2, 0.25) is 12.3 Å². The van der Waals surface area contributed by atoms with E-state index in [0.29, 0.717) is 19.1 Å². The average Bonchev–Trinajstić information content (AvgIpc) is 2.11. The van der Waals surface area contributed by atoms with Gasteiger partial charge in [-0.2, -0.15) is 0 Å². The number of aldehydes is 1. The molecule has 0 saturated carbocycles. The van der Waals surface area contributed by atoms with E-state index in [9.17, 15) is 14.4 Å². The summed E-state index contributed by atoms with van der Waals surface area (Å²) in [4.78, 5) is 31.0. The van der Waals surface area contributed by atoms with Gasteiger partial charge in [0.25, 0.3) is 0 Å². The van der Waals surface area contributed by atoms with Gasteiger partial charge in [-0.15, -0.1) is 0 Å². The van der Waals surface area contributed by atoms with Gasteiger partial charge >= 0.3 is 0 Å². The molecule has 1 unspecified atom stereocenters. The topological polar surface area (TPSA) is 75.3 Å². The highest BCUT2D eigenvalue weighted by atomic mass is 16.2. The van der Waals surface area contributed by atoms with Crippen LogP contribution in [0.5, 0.6) is 0 Å². The van der Waals surface area contributed by atoms with Crippen LogP contribution in [0.25, 0.3) is 0 Å². The van der Waals surface area contributed by atoms with E-state index in [1.807, 2.05) is 0 Å². The summed E-state index contributed by atoms with van der Waals surface area (Å²) in [7, 11) is 1.47. The summed E-state index contributed by atoms with van der Waals surface area (Å²) < 4.78 is 0. The molecule has 0 saturated heterocycles. The van der Waals surface area contributed by atoms with Gasteiger partial charge in [-0.1, -0.05) is 0 Å². The van der Waals surface area contributed by atoms with Crippen LogP contribution in [0.15, 0.2) is 0 Å². The SMILES string of the molecule is CNC(=O)C(CCC=O)NC=O. The minimum absolute atomic E-state index is 0.263. The first-order valence-electron chi connectivity index (χ1n) is 3.61. The lowest BCUT2D eigenvalue weighted by Crippen LogP contribution is -2.42. The van der Waals surface area contributed by atoms with E-state index in [1.54, 1.807) is 0 Å². The third-order valence-corrected chi connectivity index (χ3v) is 1.41. The summed E-state index contributed by atoms with van der Waals surface area (Å²) in [5.41, 5.74) is 0. The van der Waals surface area contributed by atoms with Crippen LogP contribution in [0.4, 0.5) is 0 Å². The lowest BCUT2D eigenvalue weighted by atomic mass is 10.1. The summed E-state index contributed by atoms with van der Waals surface area (Å²) in [5.74, 6) is -0.288. The Morgan fingerprint density at radius 1 is 1.50 bits per heavy atom. The monoisotopic (exact) mass is 172 g/mol. The van der Waals surface area contributed by atoms with Gasteiger partial charge in [-0.25, -0.2) is 0 Å². The van der Waals surface area contributed by atoms with Crippen LogP contribution in [0.3, 0.4) is 0 Å². The molecule has 0 aromatic heterocycles. The smallest absolute Gasteiger partial charge is 0.242 e. The third-order valence-electron chi connectivity index (χ3n) is 1.41. The van der Waals surface area contributed by atoms with Crippen LogP contribution in [0.1, 0.15) is 12.8 Å². The second kappa shape index (κ2) is 6.33. The molecule has 0 aliphatic rings. The quantitative estimate of drug-likeness (QED) is 0.495. The molecule has 5 heteroatoms. The number of hydrogen-bond donors (Lipinski definition) is 2. The second-order valence-corrected chi connectivity index (χ2v) is 2.20. The number of rotatable bonds is 6. The van der Waals surface area contributed by atoms with Crippen molar-refractivity contribution in [2.75, 3.05) is 7.05 Å². The molecule has 0 aliphatic carbocycles. The molecule has 0 rings (SSSR count). The first-order chi connectivity index (χ1) is 5.76. The minimum Gasteiger partial charge on any atom is -0.357 e. The predicted octanol–water partition coefficient (Wildman–Crippen LogP) is -1.17. The normalized spacial score (nSPS) is 11.4. The lowest BCUT2D eigenvalue weighted by molar-refractivity contribution is -0.125. The molecule has 5 nitrogen and oxygen atoms in total. The van der Waals surface area contributed by atoms with E-state index in [0.717, 1.165) is 0 Å². The summed E-state index contributed by atoms with van der Waals surface area (Å²) in [6.07, 6.45) is 1.76. The largest absolute Gasteiger partial charge is 0.357 e. The van der Waals surface area contributed by atoms with E-state index in [4.69, 9.17) is 0 Å². The van der Waals surface area contributed by atoms with Gasteiger partial charge in [0.05, 0.1) is 0 Å². The van der Waals surface area contributed by atoms with Gasteiger partial charge in [0.1, 0.15) is 12.3 Å². The van der Waals surface area contributed by atoms with Crippen molar-refractivity contribution >= 4 is 18.6 Å². The molecular formula is C7H12N2O3. The highest BCUT2D eigenvalue weighted by Gasteiger charge is 2.14. The molecule has 0 aromatic rings. The van der Waals surface area contributed by atoms with E-state index in [2.05, 4.69) is 10.6 Å². The fraction of sp³-hybridized carbons (Fsp3) is 0.571. The fourth-order valence-electron chi connectivity index (χ4n) is 0.781. The molecule has 0 heterocycles. The zero-order valence-corrected chi connectivity index (χ0v) is 6.87. The molecule has 2 amide bonds. The number of carbonyl (C=O) groups is 3. The molecule has 0 aromatic carbocycles. The lowest BCUT2D eigenvalue weighted by Gasteiger charge is -2.11. The zero-order chi connectivity index (χ0) is 9.40. The van der Waals surface area contributed by atoms with E-state index >= 15 is 0 Å². The predicted molar refractivity (Wildman–Crippen MR) is 42.4 cm³/mol. The van der Waals surface area contributed by atoms with Crippen LogP contribution in [0, 0.1) is 0 Å². The molecular weight excluding hydrogens is 160 g/mol. The molecule has 68 valence electrons. The molecule has 0 bridgehead atoms. The van der Waals surface area contributed by atoms with Crippen molar-refractivity contribution in [2.45, 2.75) is 18.9 Å². The number of nitrogens with one attached hydrogen (secondary N) is 2. The molecule has 0 radical (unpaired) electrons. The van der Waals surface area contributed by atoms with Gasteiger partial charge < -0.3 is 15.4 Å². The Labute approximate surface area is 70.5 Å². The summed E-state index contributed by atoms with van der Waals surface area (Å²) in [6, 6.07) is -0.599. The number of carbonyl (C=O) groups excluding carboxylic acids is 3. The maximum Gasteiger partial charge on any atom is 0.242 e. The Morgan fingerprint density at radius 2 is 2.17 bits per heavy atom. The standard InChI is InChI=1S/C7H12N2O3/c1-8-7(12)6(9-5-11)3-2-4-10/h4-6H,2-3H2,1H3,(H,8,12)(H,9,11). The number of amides is 2. The molecule has 0 aliphatic heterocycles. The highest BCUT2D eigenvalue weighted by molar-refractivity contribution is 5.83. The Bertz CT molecular complexity index is 170. The Balaban J connectivity index is 3.92. The van der Waals surface area contributed by atoms with Gasteiger partial charge in [-0.3, -0.25) is 9.59 Å². The van der Waals surface area contributed by atoms with E-state index < -0.39 is 6.04 Å². The Hall–Kier alpha value is -1.39. The Kier molecular flexibility index (Phi) is 5.60. The van der Waals surface area contributed by atoms with Crippen LogP contribution >= 0.6 is 0 Å².